The van der Waals surface area contributed by atoms with Crippen molar-refractivity contribution in [2.24, 2.45) is 5.41 Å². The Labute approximate surface area is 246 Å². The van der Waals surface area contributed by atoms with Gasteiger partial charge in [-0.3, -0.25) is 0 Å². The second-order valence-corrected chi connectivity index (χ2v) is 14.0. The molecule has 208 valence electrons. The average Bonchev–Trinajstić information content (AvgIpc) is 3.54. The molecule has 0 aliphatic carbocycles. The first-order valence-electron chi connectivity index (χ1n) is 14.9. The molecule has 1 N–H and O–H groups in total. The van der Waals surface area contributed by atoms with Crippen molar-refractivity contribution in [1.82, 2.24) is 13.8 Å². The Bertz CT molecular complexity index is 2200. The lowest BCUT2D eigenvalue weighted by molar-refractivity contribution is 0.340. The number of hydrogen-bond donors (Lipinski definition) is 1. The summed E-state index contributed by atoms with van der Waals surface area (Å²) in [6.07, 6.45) is 4.41. The van der Waals surface area contributed by atoms with Crippen LogP contribution in [0.2, 0.25) is 0 Å². The van der Waals surface area contributed by atoms with Gasteiger partial charge in [0.15, 0.2) is 0 Å². The number of benzene rings is 2. The molecule has 4 heteroatoms. The van der Waals surface area contributed by atoms with Gasteiger partial charge in [-0.2, -0.15) is 0 Å². The van der Waals surface area contributed by atoms with Crippen LogP contribution in [0.15, 0.2) is 97.3 Å². The van der Waals surface area contributed by atoms with Gasteiger partial charge >= 0.3 is 0 Å². The van der Waals surface area contributed by atoms with Gasteiger partial charge in [-0.05, 0) is 53.4 Å². The Morgan fingerprint density at radius 2 is 1.45 bits per heavy atom. The van der Waals surface area contributed by atoms with Crippen molar-refractivity contribution >= 4 is 38.5 Å². The first-order valence-corrected chi connectivity index (χ1v) is 14.9. The largest absolute Gasteiger partial charge is 0.376 e. The van der Waals surface area contributed by atoms with E-state index < -0.39 is 0 Å². The first kappa shape index (κ1) is 25.2. The number of rotatable bonds is 1. The van der Waals surface area contributed by atoms with Crippen LogP contribution in [0.3, 0.4) is 0 Å². The van der Waals surface area contributed by atoms with Crippen molar-refractivity contribution in [3.8, 4) is 22.3 Å². The Hall–Kier alpha value is -4.57. The molecule has 0 fully saturated rings. The summed E-state index contributed by atoms with van der Waals surface area (Å²) in [7, 11) is 0. The van der Waals surface area contributed by atoms with Crippen LogP contribution in [0.25, 0.3) is 55.1 Å². The third kappa shape index (κ3) is 3.57. The summed E-state index contributed by atoms with van der Waals surface area (Å²) in [4.78, 5) is 5.45. The molecular formula is C38H36N4. The molecule has 7 aromatic rings. The van der Waals surface area contributed by atoms with Gasteiger partial charge in [0.25, 0.3) is 0 Å². The van der Waals surface area contributed by atoms with E-state index in [1.807, 2.05) is 0 Å². The van der Waals surface area contributed by atoms with Crippen LogP contribution in [0.1, 0.15) is 59.0 Å². The summed E-state index contributed by atoms with van der Waals surface area (Å²) in [5.74, 6) is 0. The molecule has 2 aromatic carbocycles. The molecule has 0 radical (unpaired) electrons. The lowest BCUT2D eigenvalue weighted by Gasteiger charge is -2.37. The molecule has 0 saturated carbocycles. The fraction of sp³-hybridized carbons (Fsp3) is 0.237. The second kappa shape index (κ2) is 8.48. The minimum Gasteiger partial charge on any atom is -0.376 e. The molecule has 1 aliphatic heterocycles. The SMILES string of the molecule is CC(C)(C)c1nc2c(-c3ccn4c5c(cc4c3)-c3ccccc3NC5C(C)(C)C)cccc2c2cc3ccccn3c12. The van der Waals surface area contributed by atoms with E-state index in [4.69, 9.17) is 4.98 Å². The lowest BCUT2D eigenvalue weighted by atomic mass is 9.80. The number of para-hydroxylation sites is 2. The molecule has 8 rings (SSSR count). The van der Waals surface area contributed by atoms with Crippen molar-refractivity contribution in [3.05, 3.63) is 109 Å². The van der Waals surface area contributed by atoms with Crippen molar-refractivity contribution in [1.29, 1.82) is 0 Å². The van der Waals surface area contributed by atoms with Crippen LogP contribution in [0.5, 0.6) is 0 Å². The molecule has 1 unspecified atom stereocenters. The van der Waals surface area contributed by atoms with E-state index in [0.29, 0.717) is 0 Å². The van der Waals surface area contributed by atoms with Crippen LogP contribution in [0.4, 0.5) is 5.69 Å². The zero-order valence-corrected chi connectivity index (χ0v) is 25.2. The van der Waals surface area contributed by atoms with E-state index in [1.54, 1.807) is 0 Å². The van der Waals surface area contributed by atoms with E-state index >= 15 is 0 Å². The van der Waals surface area contributed by atoms with E-state index in [-0.39, 0.29) is 16.9 Å². The predicted octanol–water partition coefficient (Wildman–Crippen LogP) is 10.0. The van der Waals surface area contributed by atoms with Crippen molar-refractivity contribution in [3.63, 3.8) is 0 Å². The monoisotopic (exact) mass is 548 g/mol. The molecule has 1 aliphatic rings. The first-order chi connectivity index (χ1) is 20.1. The Balaban J connectivity index is 1.39. The van der Waals surface area contributed by atoms with Crippen molar-refractivity contribution in [2.45, 2.75) is 53.0 Å². The highest BCUT2D eigenvalue weighted by Crippen LogP contribution is 2.48. The van der Waals surface area contributed by atoms with Crippen LogP contribution in [-0.2, 0) is 5.41 Å². The number of aromatic nitrogens is 3. The smallest absolute Gasteiger partial charge is 0.0791 e. The van der Waals surface area contributed by atoms with Crippen LogP contribution in [0, 0.1) is 5.41 Å². The quantitative estimate of drug-likeness (QED) is 0.221. The summed E-state index contributed by atoms with van der Waals surface area (Å²) in [6, 6.07) is 31.2. The van der Waals surface area contributed by atoms with Gasteiger partial charge in [-0.1, -0.05) is 84.0 Å². The van der Waals surface area contributed by atoms with Crippen molar-refractivity contribution < 1.29 is 0 Å². The fourth-order valence-electron chi connectivity index (χ4n) is 6.94. The van der Waals surface area contributed by atoms with Gasteiger partial charge in [0.1, 0.15) is 0 Å². The molecule has 5 aromatic heterocycles. The normalized spacial score (nSPS) is 15.3. The van der Waals surface area contributed by atoms with Gasteiger partial charge in [0.2, 0.25) is 0 Å². The van der Waals surface area contributed by atoms with Gasteiger partial charge in [-0.15, -0.1) is 0 Å². The summed E-state index contributed by atoms with van der Waals surface area (Å²) in [6.45, 7) is 13.7. The zero-order valence-electron chi connectivity index (χ0n) is 25.2. The van der Waals surface area contributed by atoms with Gasteiger partial charge < -0.3 is 14.1 Å². The summed E-state index contributed by atoms with van der Waals surface area (Å²) in [5, 5.41) is 6.31. The fourth-order valence-corrected chi connectivity index (χ4v) is 6.94. The molecule has 0 bridgehead atoms. The summed E-state index contributed by atoms with van der Waals surface area (Å²) >= 11 is 0. The third-order valence-electron chi connectivity index (χ3n) is 8.94. The standard InChI is InChI=1S/C38H36N4/c1-37(2,3)35-33-29(27-13-7-8-16-31(27)39-35)22-25-20-23(17-19-42(25)33)26-14-11-15-28-30-21-24-12-9-10-18-41(24)34(30)36(38(4,5)6)40-32(26)28/h7-22,35,39H,1-6H3. The number of nitrogens with zero attached hydrogens (tertiary/aromatic N) is 3. The molecule has 0 saturated heterocycles. The number of nitrogens with one attached hydrogen (secondary N) is 1. The van der Waals surface area contributed by atoms with E-state index in [0.717, 1.165) is 11.2 Å². The molecule has 6 heterocycles. The average molecular weight is 549 g/mol. The van der Waals surface area contributed by atoms with E-state index in [9.17, 15) is 0 Å². The maximum absolute atomic E-state index is 5.45. The molecule has 4 nitrogen and oxygen atoms in total. The lowest BCUT2D eigenvalue weighted by Crippen LogP contribution is -2.29. The molecule has 42 heavy (non-hydrogen) atoms. The summed E-state index contributed by atoms with van der Waals surface area (Å²) in [5.41, 5.74) is 13.2. The third-order valence-corrected chi connectivity index (χ3v) is 8.94. The minimum absolute atomic E-state index is 0.0462. The number of anilines is 1. The van der Waals surface area contributed by atoms with E-state index in [2.05, 4.69) is 153 Å². The molecule has 1 atom stereocenters. The minimum atomic E-state index is -0.115. The Morgan fingerprint density at radius 1 is 0.667 bits per heavy atom. The maximum Gasteiger partial charge on any atom is 0.0791 e. The van der Waals surface area contributed by atoms with Gasteiger partial charge in [0, 0.05) is 62.0 Å². The van der Waals surface area contributed by atoms with Crippen molar-refractivity contribution in [2.75, 3.05) is 5.32 Å². The molecule has 0 amide bonds. The highest BCUT2D eigenvalue weighted by molar-refractivity contribution is 6.12. The maximum atomic E-state index is 5.45. The van der Waals surface area contributed by atoms with Gasteiger partial charge in [0.05, 0.1) is 28.5 Å². The predicted molar refractivity (Wildman–Crippen MR) is 177 cm³/mol. The highest BCUT2D eigenvalue weighted by atomic mass is 15.0. The topological polar surface area (TPSA) is 33.7 Å². The second-order valence-electron chi connectivity index (χ2n) is 14.0. The number of pyridine rings is 3. The van der Waals surface area contributed by atoms with E-state index in [1.165, 1.54) is 61.0 Å². The number of fused-ring (bicyclic) bond motifs is 10. The molecule has 0 spiro atoms. The highest BCUT2D eigenvalue weighted by Gasteiger charge is 2.35. The van der Waals surface area contributed by atoms with Crippen LogP contribution in [-0.4, -0.2) is 13.8 Å². The Morgan fingerprint density at radius 3 is 2.26 bits per heavy atom. The van der Waals surface area contributed by atoms with Crippen LogP contribution < -0.4 is 5.32 Å². The zero-order chi connectivity index (χ0) is 29.0. The van der Waals surface area contributed by atoms with Gasteiger partial charge in [-0.25, -0.2) is 4.98 Å². The van der Waals surface area contributed by atoms with Crippen LogP contribution >= 0.6 is 0 Å². The number of hydrogen-bond acceptors (Lipinski definition) is 2. The molecular weight excluding hydrogens is 512 g/mol. The summed E-state index contributed by atoms with van der Waals surface area (Å²) < 4.78 is 4.68. The Kier molecular flexibility index (Phi) is 5.08.